The van der Waals surface area contributed by atoms with E-state index < -0.39 is 0 Å². The number of hydrogen-bond donors (Lipinski definition) is 1. The molecule has 1 aliphatic rings. The largest absolute Gasteiger partial charge is 0.423 e. The van der Waals surface area contributed by atoms with Crippen molar-refractivity contribution in [2.75, 3.05) is 5.32 Å². The second kappa shape index (κ2) is 4.89. The third kappa shape index (κ3) is 2.32. The predicted octanol–water partition coefficient (Wildman–Crippen LogP) is 1.84. The smallest absolute Gasteiger partial charge is 0.235 e. The van der Waals surface area contributed by atoms with E-state index in [1.807, 2.05) is 13.8 Å². The molecule has 3 rings (SSSR count). The minimum absolute atomic E-state index is 0.339. The molecule has 0 spiro atoms. The van der Waals surface area contributed by atoms with Crippen molar-refractivity contribution in [1.29, 1.82) is 5.26 Å². The maximum absolute atomic E-state index is 9.20. The van der Waals surface area contributed by atoms with Gasteiger partial charge in [-0.15, -0.1) is 15.3 Å². The summed E-state index contributed by atoms with van der Waals surface area (Å²) in [5.74, 6) is 2.08. The Morgan fingerprint density at radius 2 is 2.05 bits per heavy atom. The van der Waals surface area contributed by atoms with Crippen LogP contribution in [0.4, 0.5) is 5.82 Å². The molecule has 2 heterocycles. The Morgan fingerprint density at radius 1 is 1.25 bits per heavy atom. The first-order valence-corrected chi connectivity index (χ1v) is 6.49. The lowest BCUT2D eigenvalue weighted by Gasteiger charge is -2.07. The van der Waals surface area contributed by atoms with Gasteiger partial charge in [-0.1, -0.05) is 0 Å². The number of hydrogen-bond acceptors (Lipinski definition) is 7. The van der Waals surface area contributed by atoms with Gasteiger partial charge in [0.1, 0.15) is 11.6 Å². The molecule has 0 aliphatic heterocycles. The summed E-state index contributed by atoms with van der Waals surface area (Å²) in [6.07, 6.45) is 2.24. The van der Waals surface area contributed by atoms with Crippen LogP contribution in [0.25, 0.3) is 0 Å². The molecule has 102 valence electrons. The van der Waals surface area contributed by atoms with Crippen LogP contribution in [0.5, 0.6) is 0 Å². The van der Waals surface area contributed by atoms with E-state index in [1.165, 1.54) is 0 Å². The standard InChI is InChI=1S/C13H14N6O/c1-7-8(2)16-18-12(10(7)5-14)15-6-11-17-19-13(20-11)9-3-4-9/h9H,3-4,6H2,1-2H3,(H,15,18). The number of aryl methyl sites for hydroxylation is 1. The van der Waals surface area contributed by atoms with Crippen LogP contribution in [0.2, 0.25) is 0 Å². The fourth-order valence-electron chi connectivity index (χ4n) is 1.86. The Balaban J connectivity index is 1.74. The van der Waals surface area contributed by atoms with Crippen molar-refractivity contribution in [2.45, 2.75) is 39.2 Å². The average molecular weight is 270 g/mol. The fraction of sp³-hybridized carbons (Fsp3) is 0.462. The number of nitrogens with one attached hydrogen (secondary N) is 1. The molecule has 0 saturated heterocycles. The Hall–Kier alpha value is -2.49. The van der Waals surface area contributed by atoms with E-state index in [1.54, 1.807) is 0 Å². The van der Waals surface area contributed by atoms with Crippen LogP contribution >= 0.6 is 0 Å². The molecule has 0 radical (unpaired) electrons. The molecule has 1 saturated carbocycles. The molecule has 1 fully saturated rings. The molecule has 2 aromatic rings. The van der Waals surface area contributed by atoms with E-state index in [0.29, 0.717) is 35.6 Å². The molecule has 0 bridgehead atoms. The lowest BCUT2D eigenvalue weighted by Crippen LogP contribution is -2.07. The molecular weight excluding hydrogens is 256 g/mol. The van der Waals surface area contributed by atoms with Crippen LogP contribution in [-0.4, -0.2) is 20.4 Å². The quantitative estimate of drug-likeness (QED) is 0.904. The Kier molecular flexibility index (Phi) is 3.06. The van der Waals surface area contributed by atoms with Gasteiger partial charge in [0.05, 0.1) is 12.2 Å². The van der Waals surface area contributed by atoms with E-state index >= 15 is 0 Å². The van der Waals surface area contributed by atoms with Gasteiger partial charge in [0, 0.05) is 5.92 Å². The molecule has 0 atom stereocenters. The summed E-state index contributed by atoms with van der Waals surface area (Å²) in [7, 11) is 0. The number of anilines is 1. The second-order valence-electron chi connectivity index (χ2n) is 4.91. The van der Waals surface area contributed by atoms with E-state index in [2.05, 4.69) is 31.8 Å². The zero-order valence-corrected chi connectivity index (χ0v) is 11.3. The van der Waals surface area contributed by atoms with Crippen LogP contribution in [0, 0.1) is 25.2 Å². The number of nitrogens with zero attached hydrogens (tertiary/aromatic N) is 5. The normalized spacial score (nSPS) is 14.1. The third-order valence-corrected chi connectivity index (χ3v) is 3.38. The van der Waals surface area contributed by atoms with E-state index in [4.69, 9.17) is 4.42 Å². The van der Waals surface area contributed by atoms with Gasteiger partial charge in [-0.2, -0.15) is 10.4 Å². The summed E-state index contributed by atoms with van der Waals surface area (Å²) >= 11 is 0. The van der Waals surface area contributed by atoms with Gasteiger partial charge in [0.2, 0.25) is 11.8 Å². The average Bonchev–Trinajstić information content (AvgIpc) is 3.19. The Bertz CT molecular complexity index is 683. The number of rotatable bonds is 4. The molecule has 0 amide bonds. The zero-order valence-electron chi connectivity index (χ0n) is 11.3. The molecule has 7 heteroatoms. The topological polar surface area (TPSA) is 101 Å². The monoisotopic (exact) mass is 270 g/mol. The molecule has 1 aliphatic carbocycles. The summed E-state index contributed by atoms with van der Waals surface area (Å²) in [4.78, 5) is 0. The van der Waals surface area contributed by atoms with Crippen LogP contribution in [-0.2, 0) is 6.54 Å². The van der Waals surface area contributed by atoms with Crippen molar-refractivity contribution in [3.8, 4) is 6.07 Å². The molecule has 0 aromatic carbocycles. The van der Waals surface area contributed by atoms with Crippen LogP contribution < -0.4 is 5.32 Å². The number of aromatic nitrogens is 4. The van der Waals surface area contributed by atoms with Crippen molar-refractivity contribution >= 4 is 5.82 Å². The summed E-state index contributed by atoms with van der Waals surface area (Å²) in [6.45, 7) is 4.02. The van der Waals surface area contributed by atoms with Crippen LogP contribution in [0.15, 0.2) is 4.42 Å². The van der Waals surface area contributed by atoms with Crippen molar-refractivity contribution in [2.24, 2.45) is 0 Å². The minimum atomic E-state index is 0.339. The lowest BCUT2D eigenvalue weighted by molar-refractivity contribution is 0.456. The van der Waals surface area contributed by atoms with Gasteiger partial charge in [-0.05, 0) is 32.3 Å². The van der Waals surface area contributed by atoms with Gasteiger partial charge in [-0.3, -0.25) is 0 Å². The van der Waals surface area contributed by atoms with Gasteiger partial charge < -0.3 is 9.73 Å². The summed E-state index contributed by atoms with van der Waals surface area (Å²) in [5.41, 5.74) is 2.08. The fourth-order valence-corrected chi connectivity index (χ4v) is 1.86. The van der Waals surface area contributed by atoms with Gasteiger partial charge in [0.15, 0.2) is 5.82 Å². The van der Waals surface area contributed by atoms with Gasteiger partial charge in [-0.25, -0.2) is 0 Å². The lowest BCUT2D eigenvalue weighted by atomic mass is 10.1. The maximum atomic E-state index is 9.20. The highest BCUT2D eigenvalue weighted by molar-refractivity contribution is 5.55. The Morgan fingerprint density at radius 3 is 2.75 bits per heavy atom. The SMILES string of the molecule is Cc1nnc(NCc2nnc(C3CC3)o2)c(C#N)c1C. The van der Waals surface area contributed by atoms with Gasteiger partial charge >= 0.3 is 0 Å². The first kappa shape index (κ1) is 12.5. The summed E-state index contributed by atoms with van der Waals surface area (Å²) < 4.78 is 5.54. The van der Waals surface area contributed by atoms with E-state index in [0.717, 1.165) is 24.1 Å². The third-order valence-electron chi connectivity index (χ3n) is 3.38. The van der Waals surface area contributed by atoms with Gasteiger partial charge in [0.25, 0.3) is 0 Å². The summed E-state index contributed by atoms with van der Waals surface area (Å²) in [5, 5.41) is 28.2. The molecule has 2 aromatic heterocycles. The highest BCUT2D eigenvalue weighted by atomic mass is 16.4. The van der Waals surface area contributed by atoms with Crippen molar-refractivity contribution in [3.63, 3.8) is 0 Å². The number of nitriles is 1. The first-order valence-electron chi connectivity index (χ1n) is 6.49. The molecule has 0 unspecified atom stereocenters. The van der Waals surface area contributed by atoms with E-state index in [9.17, 15) is 5.26 Å². The van der Waals surface area contributed by atoms with Crippen molar-refractivity contribution < 1.29 is 4.42 Å². The van der Waals surface area contributed by atoms with Crippen molar-refractivity contribution in [1.82, 2.24) is 20.4 Å². The van der Waals surface area contributed by atoms with Crippen LogP contribution in [0.1, 0.15) is 47.4 Å². The molecule has 7 nitrogen and oxygen atoms in total. The Labute approximate surface area is 116 Å². The molecular formula is C13H14N6O. The predicted molar refractivity (Wildman–Crippen MR) is 69.8 cm³/mol. The molecule has 1 N–H and O–H groups in total. The molecule has 20 heavy (non-hydrogen) atoms. The highest BCUT2D eigenvalue weighted by Crippen LogP contribution is 2.39. The highest BCUT2D eigenvalue weighted by Gasteiger charge is 2.29. The second-order valence-corrected chi connectivity index (χ2v) is 4.91. The summed E-state index contributed by atoms with van der Waals surface area (Å²) in [6, 6.07) is 2.14. The maximum Gasteiger partial charge on any atom is 0.235 e. The minimum Gasteiger partial charge on any atom is -0.423 e. The van der Waals surface area contributed by atoms with E-state index in [-0.39, 0.29) is 0 Å². The van der Waals surface area contributed by atoms with Crippen LogP contribution in [0.3, 0.4) is 0 Å². The zero-order chi connectivity index (χ0) is 14.1. The van der Waals surface area contributed by atoms with Crippen molar-refractivity contribution in [3.05, 3.63) is 28.6 Å². The first-order chi connectivity index (χ1) is 9.69.